The van der Waals surface area contributed by atoms with Crippen molar-refractivity contribution in [2.24, 2.45) is 0 Å². The van der Waals surface area contributed by atoms with Gasteiger partial charge in [0.1, 0.15) is 11.5 Å². The van der Waals surface area contributed by atoms with E-state index in [1.807, 2.05) is 31.2 Å². The van der Waals surface area contributed by atoms with Crippen LogP contribution in [0.4, 0.5) is 0 Å². The van der Waals surface area contributed by atoms with Gasteiger partial charge in [-0.05, 0) is 69.3 Å². The molecule has 7 heteroatoms. The summed E-state index contributed by atoms with van der Waals surface area (Å²) in [6.45, 7) is 6.05. The van der Waals surface area contributed by atoms with Gasteiger partial charge in [-0.25, -0.2) is 0 Å². The van der Waals surface area contributed by atoms with Crippen molar-refractivity contribution < 1.29 is 14.3 Å². The minimum atomic E-state index is -0.297. The van der Waals surface area contributed by atoms with Crippen LogP contribution in [0.25, 0.3) is 11.4 Å². The van der Waals surface area contributed by atoms with Crippen LogP contribution in [-0.2, 0) is 0 Å². The molecule has 0 N–H and O–H groups in total. The van der Waals surface area contributed by atoms with E-state index in [4.69, 9.17) is 9.47 Å². The molecule has 0 fully saturated rings. The molecule has 0 bridgehead atoms. The van der Waals surface area contributed by atoms with Gasteiger partial charge in [-0.1, -0.05) is 11.8 Å². The molecule has 3 rings (SSSR count). The van der Waals surface area contributed by atoms with Crippen molar-refractivity contribution in [1.29, 1.82) is 0 Å². The number of hydrogen-bond acceptors (Lipinski definition) is 6. The fourth-order valence-corrected chi connectivity index (χ4v) is 4.02. The second kappa shape index (κ2) is 9.13. The number of benzene rings is 2. The quantitative estimate of drug-likeness (QED) is 0.388. The molecule has 29 heavy (non-hydrogen) atoms. The van der Waals surface area contributed by atoms with E-state index < -0.39 is 0 Å². The maximum Gasteiger partial charge on any atom is 0.192 e. The minimum absolute atomic E-state index is 0.0435. The molecule has 3 aromatic rings. The smallest absolute Gasteiger partial charge is 0.192 e. The van der Waals surface area contributed by atoms with Crippen LogP contribution in [0, 0.1) is 0 Å². The van der Waals surface area contributed by atoms with E-state index >= 15 is 0 Å². The zero-order valence-corrected chi connectivity index (χ0v) is 18.1. The van der Waals surface area contributed by atoms with Gasteiger partial charge in [0.15, 0.2) is 16.8 Å². The Hall–Kier alpha value is -2.80. The summed E-state index contributed by atoms with van der Waals surface area (Å²) < 4.78 is 12.5. The number of methoxy groups -OCH3 is 2. The van der Waals surface area contributed by atoms with Crippen molar-refractivity contribution in [3.05, 3.63) is 54.1 Å². The molecule has 0 aliphatic heterocycles. The van der Waals surface area contributed by atoms with Crippen molar-refractivity contribution in [1.82, 2.24) is 14.8 Å². The van der Waals surface area contributed by atoms with Crippen molar-refractivity contribution in [3.8, 4) is 22.9 Å². The van der Waals surface area contributed by atoms with Gasteiger partial charge >= 0.3 is 0 Å². The first-order chi connectivity index (χ1) is 13.9. The summed E-state index contributed by atoms with van der Waals surface area (Å²) in [5.74, 6) is 2.33. The lowest BCUT2D eigenvalue weighted by molar-refractivity contribution is 0.0993. The Labute approximate surface area is 175 Å². The SMILES string of the molecule is COc1ccc(C(=O)[C@@H](C)Sc2nnc(-c3ccc(OC)cc3)n2C(C)C)cc1. The third-order valence-corrected chi connectivity index (χ3v) is 5.61. The largest absolute Gasteiger partial charge is 0.497 e. The maximum atomic E-state index is 12.8. The van der Waals surface area contributed by atoms with Gasteiger partial charge in [0.2, 0.25) is 0 Å². The van der Waals surface area contributed by atoms with Gasteiger partial charge in [0, 0.05) is 17.2 Å². The highest BCUT2D eigenvalue weighted by atomic mass is 32.2. The number of ketones is 1. The Bertz CT molecular complexity index is 966. The van der Waals surface area contributed by atoms with Crippen molar-refractivity contribution in [2.45, 2.75) is 37.2 Å². The van der Waals surface area contributed by atoms with Gasteiger partial charge in [0.05, 0.1) is 19.5 Å². The zero-order chi connectivity index (χ0) is 21.0. The molecular weight excluding hydrogens is 386 g/mol. The highest BCUT2D eigenvalue weighted by Crippen LogP contribution is 2.31. The van der Waals surface area contributed by atoms with Gasteiger partial charge < -0.3 is 9.47 Å². The molecule has 1 atom stereocenters. The number of carbonyl (C=O) groups excluding carboxylic acids is 1. The lowest BCUT2D eigenvalue weighted by Crippen LogP contribution is -2.15. The van der Waals surface area contributed by atoms with E-state index in [0.29, 0.717) is 5.56 Å². The van der Waals surface area contributed by atoms with Crippen molar-refractivity contribution in [3.63, 3.8) is 0 Å². The van der Waals surface area contributed by atoms with Crippen LogP contribution >= 0.6 is 11.8 Å². The van der Waals surface area contributed by atoms with E-state index in [-0.39, 0.29) is 17.1 Å². The lowest BCUT2D eigenvalue weighted by atomic mass is 10.1. The Morgan fingerprint density at radius 3 is 1.97 bits per heavy atom. The topological polar surface area (TPSA) is 66.2 Å². The van der Waals surface area contributed by atoms with E-state index in [9.17, 15) is 4.79 Å². The van der Waals surface area contributed by atoms with E-state index in [0.717, 1.165) is 28.0 Å². The third kappa shape index (κ3) is 4.62. The van der Waals surface area contributed by atoms with E-state index in [1.54, 1.807) is 38.5 Å². The first-order valence-corrected chi connectivity index (χ1v) is 10.3. The maximum absolute atomic E-state index is 12.8. The van der Waals surface area contributed by atoms with Crippen LogP contribution in [0.1, 0.15) is 37.2 Å². The molecule has 1 heterocycles. The van der Waals surface area contributed by atoms with Crippen LogP contribution in [-0.4, -0.2) is 40.0 Å². The van der Waals surface area contributed by atoms with Crippen LogP contribution in [0.3, 0.4) is 0 Å². The average Bonchev–Trinajstić information content (AvgIpc) is 3.17. The monoisotopic (exact) mass is 411 g/mol. The molecule has 0 saturated carbocycles. The number of aromatic nitrogens is 3. The third-order valence-electron chi connectivity index (χ3n) is 4.56. The summed E-state index contributed by atoms with van der Waals surface area (Å²) in [6, 6.07) is 15.0. The fourth-order valence-electron chi connectivity index (χ4n) is 2.96. The van der Waals surface area contributed by atoms with Crippen LogP contribution < -0.4 is 9.47 Å². The molecule has 0 radical (unpaired) electrons. The molecule has 6 nitrogen and oxygen atoms in total. The molecule has 152 valence electrons. The Morgan fingerprint density at radius 1 is 0.897 bits per heavy atom. The summed E-state index contributed by atoms with van der Waals surface area (Å²) in [5.41, 5.74) is 1.60. The molecule has 0 spiro atoms. The Balaban J connectivity index is 1.84. The normalized spacial score (nSPS) is 12.1. The Morgan fingerprint density at radius 2 is 1.45 bits per heavy atom. The summed E-state index contributed by atoms with van der Waals surface area (Å²) in [5, 5.41) is 9.19. The number of rotatable bonds is 8. The van der Waals surface area contributed by atoms with Crippen LogP contribution in [0.5, 0.6) is 11.5 Å². The molecule has 0 unspecified atom stereocenters. The fraction of sp³-hybridized carbons (Fsp3) is 0.318. The summed E-state index contributed by atoms with van der Waals surface area (Å²) >= 11 is 1.42. The van der Waals surface area contributed by atoms with Gasteiger partial charge in [-0.15, -0.1) is 10.2 Å². The van der Waals surface area contributed by atoms with Crippen LogP contribution in [0.2, 0.25) is 0 Å². The first-order valence-electron chi connectivity index (χ1n) is 9.38. The first kappa shape index (κ1) is 20.9. The highest BCUT2D eigenvalue weighted by molar-refractivity contribution is 8.00. The summed E-state index contributed by atoms with van der Waals surface area (Å²) in [7, 11) is 3.25. The number of hydrogen-bond donors (Lipinski definition) is 0. The van der Waals surface area contributed by atoms with Crippen LogP contribution in [0.15, 0.2) is 53.7 Å². The zero-order valence-electron chi connectivity index (χ0n) is 17.2. The van der Waals surface area contributed by atoms with Gasteiger partial charge in [-0.2, -0.15) is 0 Å². The minimum Gasteiger partial charge on any atom is -0.497 e. The summed E-state index contributed by atoms with van der Waals surface area (Å²) in [4.78, 5) is 12.8. The second-order valence-corrected chi connectivity index (χ2v) is 8.16. The van der Waals surface area contributed by atoms with E-state index in [2.05, 4.69) is 28.6 Å². The predicted molar refractivity (Wildman–Crippen MR) is 115 cm³/mol. The Kier molecular flexibility index (Phi) is 6.59. The van der Waals surface area contributed by atoms with E-state index in [1.165, 1.54) is 11.8 Å². The molecule has 0 saturated heterocycles. The number of thioether (sulfide) groups is 1. The molecule has 1 aromatic heterocycles. The summed E-state index contributed by atoms with van der Waals surface area (Å²) in [6.07, 6.45) is 0. The van der Waals surface area contributed by atoms with Gasteiger partial charge in [-0.3, -0.25) is 9.36 Å². The molecule has 0 aliphatic carbocycles. The van der Waals surface area contributed by atoms with Crippen molar-refractivity contribution >= 4 is 17.5 Å². The number of Topliss-reactive ketones (excluding diaryl/α,β-unsaturated/α-hetero) is 1. The molecule has 0 aliphatic rings. The van der Waals surface area contributed by atoms with Gasteiger partial charge in [0.25, 0.3) is 0 Å². The second-order valence-electron chi connectivity index (χ2n) is 6.85. The molecular formula is C22H25N3O3S. The molecule has 0 amide bonds. The number of carbonyl (C=O) groups is 1. The number of nitrogens with zero attached hydrogens (tertiary/aromatic N) is 3. The highest BCUT2D eigenvalue weighted by Gasteiger charge is 2.23. The molecule has 2 aromatic carbocycles. The van der Waals surface area contributed by atoms with Crippen molar-refractivity contribution in [2.75, 3.05) is 14.2 Å². The average molecular weight is 412 g/mol. The number of ether oxygens (including phenoxy) is 2. The standard InChI is InChI=1S/C22H25N3O3S/c1-14(2)25-21(17-8-12-19(28-5)13-9-17)23-24-22(25)29-15(3)20(26)16-6-10-18(27-4)11-7-16/h6-15H,1-5H3/t15-/m1/s1. The lowest BCUT2D eigenvalue weighted by Gasteiger charge is -2.16. The predicted octanol–water partition coefficient (Wildman–Crippen LogP) is 4.91.